The lowest BCUT2D eigenvalue weighted by atomic mass is 10.2. The fraction of sp³-hybridized carbons (Fsp3) is 0.176. The van der Waals surface area contributed by atoms with Crippen molar-refractivity contribution < 1.29 is 13.2 Å². The van der Waals surface area contributed by atoms with Crippen molar-refractivity contribution in [1.29, 1.82) is 0 Å². The molecule has 128 valence electrons. The first-order valence-electron chi connectivity index (χ1n) is 7.45. The predicted octanol–water partition coefficient (Wildman–Crippen LogP) is 3.72. The van der Waals surface area contributed by atoms with Crippen LogP contribution in [0.5, 0.6) is 0 Å². The van der Waals surface area contributed by atoms with Gasteiger partial charge in [-0.2, -0.15) is 5.10 Å². The standard InChI is InChI=1S/C17H12F3N3OS/c1-8-5-13-16(25-8)9-6-21-23(17(24)15(9)22(13)2)7-10-11(18)3-4-12(19)14(10)20/h3-6H,7H2,1-2H3. The van der Waals surface area contributed by atoms with E-state index in [1.165, 1.54) is 6.20 Å². The molecule has 0 saturated carbocycles. The molecule has 4 nitrogen and oxygen atoms in total. The number of nitrogens with zero attached hydrogens (tertiary/aromatic N) is 3. The molecule has 0 saturated heterocycles. The fourth-order valence-electron chi connectivity index (χ4n) is 3.01. The number of hydrogen-bond donors (Lipinski definition) is 0. The van der Waals surface area contributed by atoms with Crippen LogP contribution in [0, 0.1) is 24.4 Å². The van der Waals surface area contributed by atoms with Crippen LogP contribution in [0.4, 0.5) is 13.2 Å². The van der Waals surface area contributed by atoms with E-state index in [1.807, 2.05) is 13.0 Å². The van der Waals surface area contributed by atoms with Gasteiger partial charge in [0.25, 0.3) is 5.56 Å². The molecule has 0 atom stereocenters. The van der Waals surface area contributed by atoms with Crippen LogP contribution >= 0.6 is 11.3 Å². The highest BCUT2D eigenvalue weighted by Crippen LogP contribution is 2.32. The van der Waals surface area contributed by atoms with E-state index in [1.54, 1.807) is 23.0 Å². The number of rotatable bonds is 2. The van der Waals surface area contributed by atoms with Gasteiger partial charge in [-0.25, -0.2) is 17.9 Å². The highest BCUT2D eigenvalue weighted by Gasteiger charge is 2.19. The Kier molecular flexibility index (Phi) is 3.47. The van der Waals surface area contributed by atoms with Crippen molar-refractivity contribution in [3.63, 3.8) is 0 Å². The number of aryl methyl sites for hydroxylation is 2. The van der Waals surface area contributed by atoms with Crippen LogP contribution in [0.15, 0.2) is 29.2 Å². The van der Waals surface area contributed by atoms with Gasteiger partial charge in [0.2, 0.25) is 0 Å². The number of thiophene rings is 1. The average Bonchev–Trinajstić information content (AvgIpc) is 3.07. The summed E-state index contributed by atoms with van der Waals surface area (Å²) in [4.78, 5) is 13.9. The van der Waals surface area contributed by atoms with Crippen molar-refractivity contribution in [3.05, 3.63) is 62.6 Å². The summed E-state index contributed by atoms with van der Waals surface area (Å²) in [5.74, 6) is -3.39. The zero-order valence-electron chi connectivity index (χ0n) is 13.3. The molecular weight excluding hydrogens is 351 g/mol. The number of hydrogen-bond acceptors (Lipinski definition) is 3. The largest absolute Gasteiger partial charge is 0.338 e. The molecule has 4 rings (SSSR count). The van der Waals surface area contributed by atoms with E-state index < -0.39 is 35.1 Å². The van der Waals surface area contributed by atoms with Crippen molar-refractivity contribution in [3.8, 4) is 0 Å². The summed E-state index contributed by atoms with van der Waals surface area (Å²) >= 11 is 1.55. The smallest absolute Gasteiger partial charge is 0.291 e. The Bertz CT molecular complexity index is 1210. The van der Waals surface area contributed by atoms with Gasteiger partial charge in [0, 0.05) is 22.9 Å². The van der Waals surface area contributed by atoms with Crippen molar-refractivity contribution in [1.82, 2.24) is 14.3 Å². The SMILES string of the molecule is Cc1cc2c(s1)c1cnn(Cc3c(F)ccc(F)c3F)c(=O)c1n2C. The third kappa shape index (κ3) is 2.28. The fourth-order valence-corrected chi connectivity index (χ4v) is 4.06. The summed E-state index contributed by atoms with van der Waals surface area (Å²) < 4.78 is 44.7. The van der Waals surface area contributed by atoms with Gasteiger partial charge >= 0.3 is 0 Å². The summed E-state index contributed by atoms with van der Waals surface area (Å²) in [6.45, 7) is 1.49. The Balaban J connectivity index is 1.93. The zero-order chi connectivity index (χ0) is 17.9. The molecule has 0 unspecified atom stereocenters. The molecule has 0 aliphatic carbocycles. The van der Waals surface area contributed by atoms with Crippen molar-refractivity contribution in [2.45, 2.75) is 13.5 Å². The van der Waals surface area contributed by atoms with E-state index in [4.69, 9.17) is 0 Å². The van der Waals surface area contributed by atoms with Crippen LogP contribution in [0.25, 0.3) is 21.1 Å². The van der Waals surface area contributed by atoms with Crippen LogP contribution in [0.2, 0.25) is 0 Å². The Morgan fingerprint density at radius 3 is 2.68 bits per heavy atom. The molecule has 0 spiro atoms. The van der Waals surface area contributed by atoms with E-state index in [9.17, 15) is 18.0 Å². The Labute approximate surface area is 143 Å². The topological polar surface area (TPSA) is 39.8 Å². The van der Waals surface area contributed by atoms with Crippen molar-refractivity contribution in [2.75, 3.05) is 0 Å². The second kappa shape index (κ2) is 5.45. The molecular formula is C17H12F3N3OS. The minimum Gasteiger partial charge on any atom is -0.338 e. The van der Waals surface area contributed by atoms with E-state index in [-0.39, 0.29) is 0 Å². The molecule has 1 aromatic carbocycles. The molecule has 0 aliphatic heterocycles. The van der Waals surface area contributed by atoms with Gasteiger partial charge in [-0.05, 0) is 25.1 Å². The van der Waals surface area contributed by atoms with Gasteiger partial charge in [-0.15, -0.1) is 11.3 Å². The maximum Gasteiger partial charge on any atom is 0.291 e. The third-order valence-corrected chi connectivity index (χ3v) is 5.32. The van der Waals surface area contributed by atoms with Crippen LogP contribution in [0.1, 0.15) is 10.4 Å². The van der Waals surface area contributed by atoms with Crippen molar-refractivity contribution in [2.24, 2.45) is 7.05 Å². The number of fused-ring (bicyclic) bond motifs is 3. The zero-order valence-corrected chi connectivity index (χ0v) is 14.1. The molecule has 0 N–H and O–H groups in total. The minimum absolute atomic E-state index is 0.397. The molecule has 3 aromatic heterocycles. The molecule has 0 bridgehead atoms. The molecule has 3 heterocycles. The Morgan fingerprint density at radius 1 is 1.20 bits per heavy atom. The van der Waals surface area contributed by atoms with Crippen LogP contribution in [0.3, 0.4) is 0 Å². The van der Waals surface area contributed by atoms with Crippen LogP contribution in [-0.4, -0.2) is 14.3 Å². The first-order valence-corrected chi connectivity index (χ1v) is 8.27. The molecule has 4 aromatic rings. The summed E-state index contributed by atoms with van der Waals surface area (Å²) in [5.41, 5.74) is 0.288. The molecule has 8 heteroatoms. The molecule has 0 amide bonds. The molecule has 25 heavy (non-hydrogen) atoms. The van der Waals surface area contributed by atoms with E-state index in [2.05, 4.69) is 5.10 Å². The lowest BCUT2D eigenvalue weighted by Crippen LogP contribution is -2.25. The van der Waals surface area contributed by atoms with Crippen molar-refractivity contribution >= 4 is 32.5 Å². The summed E-state index contributed by atoms with van der Waals surface area (Å²) in [6.07, 6.45) is 1.50. The Morgan fingerprint density at radius 2 is 1.92 bits per heavy atom. The van der Waals surface area contributed by atoms with Gasteiger partial charge in [0.15, 0.2) is 11.6 Å². The lowest BCUT2D eigenvalue weighted by molar-refractivity contribution is 0.467. The van der Waals surface area contributed by atoms with Crippen LogP contribution < -0.4 is 5.56 Å². The van der Waals surface area contributed by atoms with E-state index in [0.717, 1.165) is 25.8 Å². The predicted molar refractivity (Wildman–Crippen MR) is 90.5 cm³/mol. The van der Waals surface area contributed by atoms with Gasteiger partial charge in [-0.3, -0.25) is 4.79 Å². The van der Waals surface area contributed by atoms with Gasteiger partial charge in [0.1, 0.15) is 11.3 Å². The second-order valence-electron chi connectivity index (χ2n) is 5.82. The monoisotopic (exact) mass is 363 g/mol. The second-order valence-corrected chi connectivity index (χ2v) is 7.08. The number of aromatic nitrogens is 3. The molecule has 0 radical (unpaired) electrons. The van der Waals surface area contributed by atoms with E-state index in [0.29, 0.717) is 17.0 Å². The maximum absolute atomic E-state index is 13.9. The van der Waals surface area contributed by atoms with Gasteiger partial charge in [0.05, 0.1) is 23.0 Å². The highest BCUT2D eigenvalue weighted by molar-refractivity contribution is 7.20. The van der Waals surface area contributed by atoms with Gasteiger partial charge in [-0.1, -0.05) is 0 Å². The van der Waals surface area contributed by atoms with E-state index >= 15 is 0 Å². The first kappa shape index (κ1) is 15.9. The quantitative estimate of drug-likeness (QED) is 0.509. The Hall–Kier alpha value is -2.61. The summed E-state index contributed by atoms with van der Waals surface area (Å²) in [5, 5.41) is 4.72. The van der Waals surface area contributed by atoms with Crippen LogP contribution in [-0.2, 0) is 13.6 Å². The maximum atomic E-state index is 13.9. The molecule has 0 fully saturated rings. The third-order valence-electron chi connectivity index (χ3n) is 4.24. The number of benzene rings is 1. The summed E-state index contributed by atoms with van der Waals surface area (Å²) in [6, 6.07) is 3.51. The minimum atomic E-state index is -1.31. The lowest BCUT2D eigenvalue weighted by Gasteiger charge is -2.08. The normalized spacial score (nSPS) is 11.7. The first-order chi connectivity index (χ1) is 11.9. The highest BCUT2D eigenvalue weighted by atomic mass is 32.1. The number of halogens is 3. The molecule has 0 aliphatic rings. The van der Waals surface area contributed by atoms with Gasteiger partial charge < -0.3 is 4.57 Å². The summed E-state index contributed by atoms with van der Waals surface area (Å²) in [7, 11) is 1.76. The average molecular weight is 363 g/mol.